The van der Waals surface area contributed by atoms with Crippen LogP contribution in [-0.4, -0.2) is 49.3 Å². The van der Waals surface area contributed by atoms with E-state index >= 15 is 0 Å². The van der Waals surface area contributed by atoms with Crippen LogP contribution in [0.2, 0.25) is 0 Å². The van der Waals surface area contributed by atoms with Crippen LogP contribution in [-0.2, 0) is 34.5 Å². The van der Waals surface area contributed by atoms with E-state index < -0.39 is 29.4 Å². The van der Waals surface area contributed by atoms with Gasteiger partial charge < -0.3 is 19.5 Å². The lowest BCUT2D eigenvalue weighted by Gasteiger charge is -2.51. The van der Waals surface area contributed by atoms with Crippen LogP contribution in [0.5, 0.6) is 0 Å². The van der Waals surface area contributed by atoms with E-state index in [0.717, 1.165) is 43.0 Å². The Morgan fingerprint density at radius 3 is 2.47 bits per heavy atom. The topological polar surface area (TPSA) is 89.4 Å². The van der Waals surface area contributed by atoms with Crippen molar-refractivity contribution in [1.29, 1.82) is 0 Å². The van der Waals surface area contributed by atoms with E-state index in [4.69, 9.17) is 4.74 Å². The molecule has 1 saturated carbocycles. The second-order valence-corrected chi connectivity index (χ2v) is 15.1. The summed E-state index contributed by atoms with van der Waals surface area (Å²) >= 11 is 0. The molecule has 1 aliphatic carbocycles. The molecule has 1 N–H and O–H groups in total. The molecule has 5 atom stereocenters. The van der Waals surface area contributed by atoms with Gasteiger partial charge in [0, 0.05) is 19.0 Å². The van der Waals surface area contributed by atoms with Crippen molar-refractivity contribution >= 4 is 12.0 Å². The molecular formula is C37H49F2N5O3. The summed E-state index contributed by atoms with van der Waals surface area (Å²) in [6, 6.07) is 13.5. The van der Waals surface area contributed by atoms with Crippen molar-refractivity contribution in [3.8, 4) is 0 Å². The van der Waals surface area contributed by atoms with Crippen molar-refractivity contribution in [2.45, 2.75) is 117 Å². The number of amides is 2. The van der Waals surface area contributed by atoms with Gasteiger partial charge in [-0.05, 0) is 99.8 Å². The average molecular weight is 650 g/mol. The van der Waals surface area contributed by atoms with E-state index in [-0.39, 0.29) is 36.1 Å². The number of aromatic nitrogens is 3. The summed E-state index contributed by atoms with van der Waals surface area (Å²) in [7, 11) is 0. The molecule has 47 heavy (non-hydrogen) atoms. The molecule has 0 bridgehead atoms. The van der Waals surface area contributed by atoms with Crippen LogP contribution >= 0.6 is 0 Å². The summed E-state index contributed by atoms with van der Waals surface area (Å²) in [5.41, 5.74) is 0.991. The maximum atomic E-state index is 14.5. The van der Waals surface area contributed by atoms with E-state index in [1.165, 1.54) is 11.6 Å². The predicted octanol–water partition coefficient (Wildman–Crippen LogP) is 7.13. The molecule has 1 fully saturated rings. The van der Waals surface area contributed by atoms with Gasteiger partial charge in [-0.25, -0.2) is 13.6 Å². The molecule has 254 valence electrons. The number of rotatable bonds is 8. The number of nitrogens with zero attached hydrogens (tertiary/aromatic N) is 4. The minimum atomic E-state index is -0.978. The molecule has 4 unspecified atom stereocenters. The molecule has 2 amide bonds. The first-order chi connectivity index (χ1) is 22.1. The van der Waals surface area contributed by atoms with Gasteiger partial charge in [-0.3, -0.25) is 4.79 Å². The minimum Gasteiger partial charge on any atom is -0.444 e. The highest BCUT2D eigenvalue weighted by molar-refractivity contribution is 5.78. The quantitative estimate of drug-likeness (QED) is 0.281. The van der Waals surface area contributed by atoms with Gasteiger partial charge in [0.2, 0.25) is 5.91 Å². The number of nitrogens with one attached hydrogen (secondary N) is 1. The van der Waals surface area contributed by atoms with Crippen LogP contribution in [0.1, 0.15) is 90.0 Å². The van der Waals surface area contributed by atoms with Crippen LogP contribution in [0.25, 0.3) is 0 Å². The number of halogens is 2. The maximum absolute atomic E-state index is 14.5. The Kier molecular flexibility index (Phi) is 10.1. The number of aryl methyl sites for hydroxylation is 1. The standard InChI is InChI=1S/C37H49F2N5O3/c1-23(2)28-15-16-37(7,26-11-9-8-10-12-26)20-29(28)32-21-43-24(3)41-42-33(43)22-44(32)34(45)19-27(40-35(46)47-36(4,5)6)17-25-13-14-30(38)31(39)18-25/h8-14,18,23,27-29,32H,15-17,19-22H2,1-7H3,(H,40,46)/t27-,28?,29?,32?,37?/m1/s1. The second kappa shape index (κ2) is 13.7. The van der Waals surface area contributed by atoms with Crippen molar-refractivity contribution < 1.29 is 23.1 Å². The molecule has 1 aromatic heterocycles. The molecule has 0 spiro atoms. The van der Waals surface area contributed by atoms with Gasteiger partial charge in [0.25, 0.3) is 0 Å². The molecule has 2 heterocycles. The lowest BCUT2D eigenvalue weighted by atomic mass is 9.59. The fraction of sp³-hybridized carbons (Fsp3) is 0.568. The smallest absolute Gasteiger partial charge is 0.407 e. The number of alkyl carbamates (subject to hydrolysis) is 1. The third kappa shape index (κ3) is 8.01. The van der Waals surface area contributed by atoms with E-state index in [2.05, 4.69) is 65.1 Å². The lowest BCUT2D eigenvalue weighted by molar-refractivity contribution is -0.139. The van der Waals surface area contributed by atoms with Gasteiger partial charge in [0.15, 0.2) is 17.5 Å². The van der Waals surface area contributed by atoms with Gasteiger partial charge >= 0.3 is 6.09 Å². The normalized spacial score (nSPS) is 23.7. The van der Waals surface area contributed by atoms with Gasteiger partial charge in [-0.2, -0.15) is 0 Å². The number of benzene rings is 2. The number of ether oxygens (including phenoxy) is 1. The zero-order valence-corrected chi connectivity index (χ0v) is 28.7. The molecule has 3 aromatic rings. The summed E-state index contributed by atoms with van der Waals surface area (Å²) in [5, 5.41) is 11.6. The van der Waals surface area contributed by atoms with Crippen LogP contribution in [0, 0.1) is 36.3 Å². The molecule has 0 radical (unpaired) electrons. The van der Waals surface area contributed by atoms with Gasteiger partial charge in [-0.1, -0.05) is 57.2 Å². The largest absolute Gasteiger partial charge is 0.444 e. The molecule has 2 aliphatic rings. The first kappa shape index (κ1) is 34.5. The lowest BCUT2D eigenvalue weighted by Crippen LogP contribution is -2.56. The zero-order chi connectivity index (χ0) is 34.1. The number of carbonyl (C=O) groups excluding carboxylic acids is 2. The Morgan fingerprint density at radius 2 is 1.81 bits per heavy atom. The number of hydrogen-bond acceptors (Lipinski definition) is 5. The Morgan fingerprint density at radius 1 is 1.09 bits per heavy atom. The molecule has 2 aromatic carbocycles. The predicted molar refractivity (Wildman–Crippen MR) is 176 cm³/mol. The Labute approximate surface area is 277 Å². The average Bonchev–Trinajstić information content (AvgIpc) is 3.37. The fourth-order valence-electron chi connectivity index (χ4n) is 7.73. The van der Waals surface area contributed by atoms with Crippen molar-refractivity contribution in [3.05, 3.63) is 82.9 Å². The summed E-state index contributed by atoms with van der Waals surface area (Å²) in [4.78, 5) is 29.4. The van der Waals surface area contributed by atoms with E-state index in [0.29, 0.717) is 30.5 Å². The van der Waals surface area contributed by atoms with Crippen molar-refractivity contribution in [2.24, 2.45) is 17.8 Å². The van der Waals surface area contributed by atoms with Crippen molar-refractivity contribution in [3.63, 3.8) is 0 Å². The zero-order valence-electron chi connectivity index (χ0n) is 28.7. The van der Waals surface area contributed by atoms with Gasteiger partial charge in [0.05, 0.1) is 12.6 Å². The first-order valence-electron chi connectivity index (χ1n) is 16.8. The van der Waals surface area contributed by atoms with Crippen LogP contribution in [0.3, 0.4) is 0 Å². The van der Waals surface area contributed by atoms with Crippen LogP contribution in [0.15, 0.2) is 48.5 Å². The molecule has 0 saturated heterocycles. The molecule has 5 rings (SSSR count). The highest BCUT2D eigenvalue weighted by Gasteiger charge is 2.47. The summed E-state index contributed by atoms with van der Waals surface area (Å²) in [6.07, 6.45) is 2.47. The third-order valence-electron chi connectivity index (χ3n) is 10.1. The number of fused-ring (bicyclic) bond motifs is 1. The Balaban J connectivity index is 1.47. The number of hydrogen-bond donors (Lipinski definition) is 1. The Bertz CT molecular complexity index is 1570. The van der Waals surface area contributed by atoms with Crippen molar-refractivity contribution in [2.75, 3.05) is 0 Å². The van der Waals surface area contributed by atoms with E-state index in [1.54, 1.807) is 20.8 Å². The highest BCUT2D eigenvalue weighted by atomic mass is 19.2. The summed E-state index contributed by atoms with van der Waals surface area (Å²) in [6.45, 7) is 15.0. The minimum absolute atomic E-state index is 0.0397. The van der Waals surface area contributed by atoms with E-state index in [9.17, 15) is 18.4 Å². The maximum Gasteiger partial charge on any atom is 0.407 e. The highest BCUT2D eigenvalue weighted by Crippen LogP contribution is 2.49. The first-order valence-corrected chi connectivity index (χ1v) is 16.8. The fourth-order valence-corrected chi connectivity index (χ4v) is 7.73. The van der Waals surface area contributed by atoms with Gasteiger partial charge in [-0.15, -0.1) is 10.2 Å². The molecule has 8 nitrogen and oxygen atoms in total. The summed E-state index contributed by atoms with van der Waals surface area (Å²) in [5.74, 6) is 0.519. The van der Waals surface area contributed by atoms with E-state index in [1.807, 2.05) is 17.9 Å². The molecule has 10 heteroatoms. The van der Waals surface area contributed by atoms with Gasteiger partial charge in [0.1, 0.15) is 11.4 Å². The molecule has 1 aliphatic heterocycles. The summed E-state index contributed by atoms with van der Waals surface area (Å²) < 4.78 is 35.6. The Hall–Kier alpha value is -3.82. The van der Waals surface area contributed by atoms with Crippen LogP contribution in [0.4, 0.5) is 13.6 Å². The SMILES string of the molecule is Cc1nnc2n1CC(C1CC(C)(c3ccccc3)CCC1C(C)C)N(C(=O)C[C@@H](Cc1ccc(F)c(F)c1)NC(=O)OC(C)(C)C)C2. The van der Waals surface area contributed by atoms with Crippen LogP contribution < -0.4 is 5.32 Å². The van der Waals surface area contributed by atoms with Crippen molar-refractivity contribution in [1.82, 2.24) is 25.0 Å². The second-order valence-electron chi connectivity index (χ2n) is 15.1. The third-order valence-corrected chi connectivity index (χ3v) is 10.1. The molecular weight excluding hydrogens is 600 g/mol. The monoisotopic (exact) mass is 649 g/mol. The number of carbonyl (C=O) groups is 2.